The van der Waals surface area contributed by atoms with E-state index in [0.29, 0.717) is 22.6 Å². The first-order chi connectivity index (χ1) is 9.51. The number of amides is 1. The largest absolute Gasteiger partial charge is 0.370 e. The van der Waals surface area contributed by atoms with Crippen molar-refractivity contribution in [2.45, 2.75) is 19.9 Å². The van der Waals surface area contributed by atoms with E-state index in [1.807, 2.05) is 11.8 Å². The Labute approximate surface area is 124 Å². The Kier molecular flexibility index (Phi) is 4.83. The molecule has 1 unspecified atom stereocenters. The first-order valence-electron chi connectivity index (χ1n) is 6.92. The number of carbonyl (C=O) groups excluding carboxylic acids is 1. The van der Waals surface area contributed by atoms with Gasteiger partial charge in [-0.25, -0.2) is 4.98 Å². The second-order valence-corrected chi connectivity index (χ2v) is 5.56. The zero-order chi connectivity index (χ0) is 14.7. The lowest BCUT2D eigenvalue weighted by atomic mass is 10.1. The standard InChI is InChI=1S/C14H21ClN4O/c1-4-16-13-8-11(7-12(15)17-13)14(20)19-6-5-18(3)10(2)9-19/h7-8,10H,4-6,9H2,1-3H3,(H,16,17). The van der Waals surface area contributed by atoms with Crippen LogP contribution in [0.2, 0.25) is 5.15 Å². The van der Waals surface area contributed by atoms with Crippen molar-refractivity contribution in [2.24, 2.45) is 0 Å². The zero-order valence-corrected chi connectivity index (χ0v) is 12.9. The normalized spacial score (nSPS) is 20.0. The average molecular weight is 297 g/mol. The van der Waals surface area contributed by atoms with Crippen LogP contribution in [0.15, 0.2) is 12.1 Å². The van der Waals surface area contributed by atoms with Gasteiger partial charge in [-0.15, -0.1) is 0 Å². The molecule has 0 aliphatic carbocycles. The van der Waals surface area contributed by atoms with Gasteiger partial charge < -0.3 is 15.1 Å². The highest BCUT2D eigenvalue weighted by Gasteiger charge is 2.25. The topological polar surface area (TPSA) is 48.5 Å². The molecule has 1 saturated heterocycles. The molecule has 20 heavy (non-hydrogen) atoms. The molecular formula is C14H21ClN4O. The third kappa shape index (κ3) is 3.41. The van der Waals surface area contributed by atoms with Crippen molar-refractivity contribution in [1.29, 1.82) is 0 Å². The number of likely N-dealkylation sites (N-methyl/N-ethyl adjacent to an activating group) is 1. The van der Waals surface area contributed by atoms with Crippen LogP contribution in [-0.2, 0) is 0 Å². The number of hydrogen-bond donors (Lipinski definition) is 1. The van der Waals surface area contributed by atoms with E-state index in [-0.39, 0.29) is 5.91 Å². The van der Waals surface area contributed by atoms with Crippen LogP contribution in [0, 0.1) is 0 Å². The molecule has 1 amide bonds. The van der Waals surface area contributed by atoms with E-state index in [0.717, 1.165) is 26.2 Å². The number of halogens is 1. The number of carbonyl (C=O) groups is 1. The van der Waals surface area contributed by atoms with Gasteiger partial charge in [0.2, 0.25) is 0 Å². The fraction of sp³-hybridized carbons (Fsp3) is 0.571. The lowest BCUT2D eigenvalue weighted by Gasteiger charge is -2.37. The molecular weight excluding hydrogens is 276 g/mol. The Hall–Kier alpha value is -1.33. The summed E-state index contributed by atoms with van der Waals surface area (Å²) in [7, 11) is 2.08. The van der Waals surface area contributed by atoms with E-state index in [4.69, 9.17) is 11.6 Å². The molecule has 0 saturated carbocycles. The Bertz CT molecular complexity index is 494. The van der Waals surface area contributed by atoms with Crippen molar-refractivity contribution in [3.05, 3.63) is 22.8 Å². The van der Waals surface area contributed by atoms with E-state index < -0.39 is 0 Å². The molecule has 6 heteroatoms. The number of nitrogens with one attached hydrogen (secondary N) is 1. The highest BCUT2D eigenvalue weighted by atomic mass is 35.5. The average Bonchev–Trinajstić information content (AvgIpc) is 2.41. The van der Waals surface area contributed by atoms with Gasteiger partial charge in [0.05, 0.1) is 0 Å². The summed E-state index contributed by atoms with van der Waals surface area (Å²) >= 11 is 5.99. The maximum absolute atomic E-state index is 12.6. The molecule has 5 nitrogen and oxygen atoms in total. The van der Waals surface area contributed by atoms with E-state index in [1.54, 1.807) is 12.1 Å². The van der Waals surface area contributed by atoms with E-state index in [9.17, 15) is 4.79 Å². The Morgan fingerprint density at radius 3 is 2.90 bits per heavy atom. The minimum absolute atomic E-state index is 0.0217. The number of anilines is 1. The molecule has 0 spiro atoms. The minimum atomic E-state index is 0.0217. The molecule has 0 radical (unpaired) electrons. The Morgan fingerprint density at radius 1 is 1.50 bits per heavy atom. The predicted molar refractivity (Wildman–Crippen MR) is 81.4 cm³/mol. The Morgan fingerprint density at radius 2 is 2.25 bits per heavy atom. The Balaban J connectivity index is 2.16. The van der Waals surface area contributed by atoms with Crippen LogP contribution >= 0.6 is 11.6 Å². The molecule has 1 aromatic rings. The molecule has 1 aromatic heterocycles. The summed E-state index contributed by atoms with van der Waals surface area (Å²) in [4.78, 5) is 20.8. The van der Waals surface area contributed by atoms with Gasteiger partial charge in [-0.2, -0.15) is 0 Å². The van der Waals surface area contributed by atoms with Crippen LogP contribution in [0.25, 0.3) is 0 Å². The lowest BCUT2D eigenvalue weighted by molar-refractivity contribution is 0.0572. The fourth-order valence-corrected chi connectivity index (χ4v) is 2.52. The summed E-state index contributed by atoms with van der Waals surface area (Å²) in [6, 6.07) is 3.77. The van der Waals surface area contributed by atoms with Crippen molar-refractivity contribution in [1.82, 2.24) is 14.8 Å². The van der Waals surface area contributed by atoms with Gasteiger partial charge in [0.15, 0.2) is 0 Å². The highest BCUT2D eigenvalue weighted by Crippen LogP contribution is 2.18. The SMILES string of the molecule is CCNc1cc(C(=O)N2CCN(C)C(C)C2)cc(Cl)n1. The van der Waals surface area contributed by atoms with Crippen molar-refractivity contribution in [3.8, 4) is 0 Å². The maximum Gasteiger partial charge on any atom is 0.254 e. The van der Waals surface area contributed by atoms with Gasteiger partial charge in [-0.1, -0.05) is 11.6 Å². The van der Waals surface area contributed by atoms with Crippen LogP contribution in [-0.4, -0.2) is 60.0 Å². The molecule has 0 bridgehead atoms. The van der Waals surface area contributed by atoms with Crippen molar-refractivity contribution in [2.75, 3.05) is 38.5 Å². The monoisotopic (exact) mass is 296 g/mol. The van der Waals surface area contributed by atoms with Gasteiger partial charge in [0.25, 0.3) is 5.91 Å². The molecule has 2 rings (SSSR count). The first-order valence-corrected chi connectivity index (χ1v) is 7.30. The summed E-state index contributed by atoms with van der Waals surface area (Å²) in [5.74, 6) is 0.666. The lowest BCUT2D eigenvalue weighted by Crippen LogP contribution is -2.52. The van der Waals surface area contributed by atoms with Crippen LogP contribution in [0.5, 0.6) is 0 Å². The zero-order valence-electron chi connectivity index (χ0n) is 12.2. The van der Waals surface area contributed by atoms with Gasteiger partial charge in [-0.3, -0.25) is 4.79 Å². The van der Waals surface area contributed by atoms with Crippen molar-refractivity contribution >= 4 is 23.3 Å². The number of pyridine rings is 1. The van der Waals surface area contributed by atoms with Crippen LogP contribution in [0.4, 0.5) is 5.82 Å². The fourth-order valence-electron chi connectivity index (χ4n) is 2.31. The smallest absolute Gasteiger partial charge is 0.254 e. The van der Waals surface area contributed by atoms with E-state index >= 15 is 0 Å². The minimum Gasteiger partial charge on any atom is -0.370 e. The highest BCUT2D eigenvalue weighted by molar-refractivity contribution is 6.29. The van der Waals surface area contributed by atoms with E-state index in [1.165, 1.54) is 0 Å². The molecule has 110 valence electrons. The summed E-state index contributed by atoms with van der Waals surface area (Å²) in [5, 5.41) is 3.43. The number of aromatic nitrogens is 1. The number of rotatable bonds is 3. The van der Waals surface area contributed by atoms with Gasteiger partial charge in [-0.05, 0) is 33.0 Å². The maximum atomic E-state index is 12.6. The second-order valence-electron chi connectivity index (χ2n) is 5.17. The van der Waals surface area contributed by atoms with Gasteiger partial charge in [0.1, 0.15) is 11.0 Å². The first kappa shape index (κ1) is 15.1. The third-order valence-electron chi connectivity index (χ3n) is 3.65. The molecule has 1 N–H and O–H groups in total. The van der Waals surface area contributed by atoms with Crippen molar-refractivity contribution in [3.63, 3.8) is 0 Å². The number of nitrogens with zero attached hydrogens (tertiary/aromatic N) is 3. The van der Waals surface area contributed by atoms with Crippen LogP contribution in [0.1, 0.15) is 24.2 Å². The van der Waals surface area contributed by atoms with Crippen LogP contribution in [0.3, 0.4) is 0 Å². The molecule has 1 atom stereocenters. The second kappa shape index (κ2) is 6.41. The molecule has 1 fully saturated rings. The van der Waals surface area contributed by atoms with Crippen LogP contribution < -0.4 is 5.32 Å². The van der Waals surface area contributed by atoms with Gasteiger partial charge >= 0.3 is 0 Å². The molecule has 2 heterocycles. The summed E-state index contributed by atoms with van der Waals surface area (Å²) < 4.78 is 0. The number of hydrogen-bond acceptors (Lipinski definition) is 4. The van der Waals surface area contributed by atoms with E-state index in [2.05, 4.69) is 29.2 Å². The summed E-state index contributed by atoms with van der Waals surface area (Å²) in [6.07, 6.45) is 0. The van der Waals surface area contributed by atoms with Crippen molar-refractivity contribution < 1.29 is 4.79 Å². The molecule has 1 aliphatic heterocycles. The number of piperazine rings is 1. The molecule has 1 aliphatic rings. The third-order valence-corrected chi connectivity index (χ3v) is 3.84. The quantitative estimate of drug-likeness (QED) is 0.866. The predicted octanol–water partition coefficient (Wildman–Crippen LogP) is 1.94. The van der Waals surface area contributed by atoms with Gasteiger partial charge in [0, 0.05) is 37.8 Å². The molecule has 0 aromatic carbocycles. The summed E-state index contributed by atoms with van der Waals surface area (Å²) in [6.45, 7) is 7.23. The summed E-state index contributed by atoms with van der Waals surface area (Å²) in [5.41, 5.74) is 0.595.